The molecule has 0 aliphatic carbocycles. The van der Waals surface area contributed by atoms with Gasteiger partial charge in [0.2, 0.25) is 0 Å². The molecule has 0 fully saturated rings. The van der Waals surface area contributed by atoms with Gasteiger partial charge in [0.15, 0.2) is 0 Å². The third kappa shape index (κ3) is 2.69. The fourth-order valence-corrected chi connectivity index (χ4v) is 2.72. The summed E-state index contributed by atoms with van der Waals surface area (Å²) in [5, 5.41) is 2.98. The van der Waals surface area contributed by atoms with Crippen LogP contribution in [-0.4, -0.2) is 9.97 Å². The van der Waals surface area contributed by atoms with E-state index in [-0.39, 0.29) is 0 Å². The zero-order valence-corrected chi connectivity index (χ0v) is 13.6. The third-order valence-corrected chi connectivity index (χ3v) is 4.33. The molecular formula is C15H10Br2N2O. The van der Waals surface area contributed by atoms with Crippen molar-refractivity contribution < 1.29 is 4.74 Å². The summed E-state index contributed by atoms with van der Waals surface area (Å²) in [7, 11) is 0. The zero-order chi connectivity index (χ0) is 13.9. The molecule has 0 aliphatic rings. The molecule has 1 aromatic heterocycles. The van der Waals surface area contributed by atoms with Crippen LogP contribution in [0.2, 0.25) is 0 Å². The molecule has 5 heteroatoms. The lowest BCUT2D eigenvalue weighted by Crippen LogP contribution is -1.93. The quantitative estimate of drug-likeness (QED) is 0.582. The molecular weight excluding hydrogens is 384 g/mol. The summed E-state index contributed by atoms with van der Waals surface area (Å²) in [6.45, 7) is 0. The molecule has 0 aliphatic heterocycles. The van der Waals surface area contributed by atoms with Gasteiger partial charge in [0.25, 0.3) is 0 Å². The SMILES string of the molecule is BrCc1cnc(Oc2ccc3ccccc3c2Br)nc1. The maximum absolute atomic E-state index is 5.73. The molecule has 0 radical (unpaired) electrons. The van der Waals surface area contributed by atoms with Crippen molar-refractivity contribution in [3.63, 3.8) is 0 Å². The van der Waals surface area contributed by atoms with Crippen molar-refractivity contribution in [3.8, 4) is 11.8 Å². The number of fused-ring (bicyclic) bond motifs is 1. The molecule has 0 N–H and O–H groups in total. The van der Waals surface area contributed by atoms with Gasteiger partial charge >= 0.3 is 6.01 Å². The number of nitrogens with zero attached hydrogens (tertiary/aromatic N) is 2. The number of halogens is 2. The van der Waals surface area contributed by atoms with Gasteiger partial charge in [0, 0.05) is 17.7 Å². The lowest BCUT2D eigenvalue weighted by Gasteiger charge is -2.08. The van der Waals surface area contributed by atoms with Gasteiger partial charge in [-0.2, -0.15) is 0 Å². The molecule has 3 nitrogen and oxygen atoms in total. The third-order valence-electron chi connectivity index (χ3n) is 2.87. The minimum atomic E-state index is 0.339. The number of rotatable bonds is 3. The number of alkyl halides is 1. The Morgan fingerprint density at radius 3 is 2.50 bits per heavy atom. The Labute approximate surface area is 133 Å². The molecule has 20 heavy (non-hydrogen) atoms. The van der Waals surface area contributed by atoms with Crippen LogP contribution in [0.3, 0.4) is 0 Å². The largest absolute Gasteiger partial charge is 0.423 e. The summed E-state index contributed by atoms with van der Waals surface area (Å²) in [4.78, 5) is 8.36. The summed E-state index contributed by atoms with van der Waals surface area (Å²) in [6.07, 6.45) is 3.48. The Morgan fingerprint density at radius 1 is 1.00 bits per heavy atom. The lowest BCUT2D eigenvalue weighted by molar-refractivity contribution is 0.439. The number of aromatic nitrogens is 2. The second-order valence-corrected chi connectivity index (χ2v) is 5.56. The average molecular weight is 394 g/mol. The molecule has 1 heterocycles. The normalized spacial score (nSPS) is 10.7. The van der Waals surface area contributed by atoms with Gasteiger partial charge in [-0.15, -0.1) is 0 Å². The number of benzene rings is 2. The van der Waals surface area contributed by atoms with E-state index in [4.69, 9.17) is 4.74 Å². The molecule has 2 aromatic carbocycles. The molecule has 0 amide bonds. The van der Waals surface area contributed by atoms with Crippen LogP contribution in [0.1, 0.15) is 5.56 Å². The van der Waals surface area contributed by atoms with Crippen LogP contribution in [0.15, 0.2) is 53.3 Å². The van der Waals surface area contributed by atoms with E-state index in [0.29, 0.717) is 11.8 Å². The Bertz CT molecular complexity index is 744. The Hall–Kier alpha value is -1.46. The van der Waals surface area contributed by atoms with Crippen LogP contribution >= 0.6 is 31.9 Å². The van der Waals surface area contributed by atoms with Gasteiger partial charge in [0.1, 0.15) is 5.75 Å². The van der Waals surface area contributed by atoms with Crippen LogP contribution in [0.5, 0.6) is 11.8 Å². The topological polar surface area (TPSA) is 35.0 Å². The van der Waals surface area contributed by atoms with Gasteiger partial charge in [-0.1, -0.05) is 46.3 Å². The Kier molecular flexibility index (Phi) is 3.98. The van der Waals surface area contributed by atoms with Crippen LogP contribution in [0.25, 0.3) is 10.8 Å². The van der Waals surface area contributed by atoms with Gasteiger partial charge in [0.05, 0.1) is 4.47 Å². The highest BCUT2D eigenvalue weighted by atomic mass is 79.9. The highest BCUT2D eigenvalue weighted by Gasteiger charge is 2.08. The van der Waals surface area contributed by atoms with Crippen LogP contribution in [0.4, 0.5) is 0 Å². The molecule has 0 saturated heterocycles. The summed E-state index contributed by atoms with van der Waals surface area (Å²) in [5.74, 6) is 0.704. The molecule has 3 aromatic rings. The first kappa shape index (κ1) is 13.5. The van der Waals surface area contributed by atoms with Crippen molar-refractivity contribution in [2.24, 2.45) is 0 Å². The smallest absolute Gasteiger partial charge is 0.321 e. The van der Waals surface area contributed by atoms with E-state index in [0.717, 1.165) is 26.1 Å². The van der Waals surface area contributed by atoms with Crippen LogP contribution < -0.4 is 4.74 Å². The van der Waals surface area contributed by atoms with Crippen molar-refractivity contribution in [3.05, 3.63) is 58.8 Å². The van der Waals surface area contributed by atoms with Crippen molar-refractivity contribution in [1.82, 2.24) is 9.97 Å². The van der Waals surface area contributed by atoms with Crippen molar-refractivity contribution in [2.75, 3.05) is 0 Å². The van der Waals surface area contributed by atoms with E-state index < -0.39 is 0 Å². The summed E-state index contributed by atoms with van der Waals surface area (Å²) in [6, 6.07) is 12.4. The first-order chi connectivity index (χ1) is 9.78. The molecule has 0 unspecified atom stereocenters. The van der Waals surface area contributed by atoms with Gasteiger partial charge in [-0.25, -0.2) is 9.97 Å². The minimum Gasteiger partial charge on any atom is -0.423 e. The van der Waals surface area contributed by atoms with Crippen molar-refractivity contribution in [2.45, 2.75) is 5.33 Å². The average Bonchev–Trinajstić information content (AvgIpc) is 2.51. The van der Waals surface area contributed by atoms with E-state index in [9.17, 15) is 0 Å². The number of ether oxygens (including phenoxy) is 1. The Morgan fingerprint density at radius 2 is 1.75 bits per heavy atom. The van der Waals surface area contributed by atoms with Gasteiger partial charge in [-0.3, -0.25) is 0 Å². The van der Waals surface area contributed by atoms with Crippen molar-refractivity contribution in [1.29, 1.82) is 0 Å². The highest BCUT2D eigenvalue weighted by Crippen LogP contribution is 2.34. The summed E-state index contributed by atoms with van der Waals surface area (Å²) in [5.41, 5.74) is 1.01. The molecule has 0 bridgehead atoms. The van der Waals surface area contributed by atoms with E-state index in [1.807, 2.05) is 30.3 Å². The molecule has 100 valence electrons. The number of hydrogen-bond donors (Lipinski definition) is 0. The molecule has 3 rings (SSSR count). The first-order valence-corrected chi connectivity index (χ1v) is 7.91. The van der Waals surface area contributed by atoms with Gasteiger partial charge in [-0.05, 0) is 38.3 Å². The summed E-state index contributed by atoms with van der Waals surface area (Å²) >= 11 is 6.94. The van der Waals surface area contributed by atoms with E-state index in [2.05, 4.69) is 47.9 Å². The molecule has 0 spiro atoms. The predicted octanol–water partition coefficient (Wildman–Crippen LogP) is 5.08. The second kappa shape index (κ2) is 5.89. The van der Waals surface area contributed by atoms with Crippen molar-refractivity contribution >= 4 is 42.6 Å². The van der Waals surface area contributed by atoms with E-state index in [1.165, 1.54) is 0 Å². The molecule has 0 atom stereocenters. The monoisotopic (exact) mass is 392 g/mol. The second-order valence-electron chi connectivity index (χ2n) is 4.21. The minimum absolute atomic E-state index is 0.339. The van der Waals surface area contributed by atoms with Crippen LogP contribution in [0, 0.1) is 0 Å². The molecule has 0 saturated carbocycles. The van der Waals surface area contributed by atoms with Gasteiger partial charge < -0.3 is 4.74 Å². The first-order valence-electron chi connectivity index (χ1n) is 6.00. The van der Waals surface area contributed by atoms with Crippen LogP contribution in [-0.2, 0) is 5.33 Å². The number of hydrogen-bond acceptors (Lipinski definition) is 3. The maximum Gasteiger partial charge on any atom is 0.321 e. The Balaban J connectivity index is 1.95. The summed E-state index contributed by atoms with van der Waals surface area (Å²) < 4.78 is 6.64. The predicted molar refractivity (Wildman–Crippen MR) is 86.4 cm³/mol. The highest BCUT2D eigenvalue weighted by molar-refractivity contribution is 9.10. The standard InChI is InChI=1S/C15H10Br2N2O/c16-7-10-8-18-15(19-9-10)20-13-6-5-11-3-1-2-4-12(11)14(13)17/h1-6,8-9H,7H2. The zero-order valence-electron chi connectivity index (χ0n) is 10.4. The fourth-order valence-electron chi connectivity index (χ4n) is 1.86. The fraction of sp³-hybridized carbons (Fsp3) is 0.0667. The maximum atomic E-state index is 5.73. The van der Waals surface area contributed by atoms with E-state index in [1.54, 1.807) is 12.4 Å². The lowest BCUT2D eigenvalue weighted by atomic mass is 10.1. The van der Waals surface area contributed by atoms with E-state index >= 15 is 0 Å².